The van der Waals surface area contributed by atoms with Crippen molar-refractivity contribution in [2.24, 2.45) is 0 Å². The maximum atomic E-state index is 12.7. The van der Waals surface area contributed by atoms with Crippen molar-refractivity contribution in [2.75, 3.05) is 0 Å². The zero-order valence-corrected chi connectivity index (χ0v) is 20.3. The van der Waals surface area contributed by atoms with E-state index in [1.165, 1.54) is 11.1 Å². The lowest BCUT2D eigenvalue weighted by atomic mass is 9.85. The topological polar surface area (TPSA) is 51.2 Å². The molecule has 0 saturated heterocycles. The number of thiazole rings is 1. The van der Waals surface area contributed by atoms with Gasteiger partial charge in [-0.05, 0) is 50.3 Å². The van der Waals surface area contributed by atoms with E-state index in [1.807, 2.05) is 31.2 Å². The molecule has 4 nitrogen and oxygen atoms in total. The van der Waals surface area contributed by atoms with Gasteiger partial charge in [0, 0.05) is 10.4 Å². The third kappa shape index (κ3) is 5.53. The summed E-state index contributed by atoms with van der Waals surface area (Å²) in [5, 5.41) is 4.00. The van der Waals surface area contributed by atoms with Gasteiger partial charge in [0.1, 0.15) is 10.8 Å². The number of amides is 1. The predicted octanol–water partition coefficient (Wildman–Crippen LogP) is 6.12. The molecule has 0 saturated carbocycles. The number of nitrogens with zero attached hydrogens (tertiary/aromatic N) is 1. The van der Waals surface area contributed by atoms with Crippen LogP contribution in [0.25, 0.3) is 10.6 Å². The summed E-state index contributed by atoms with van der Waals surface area (Å²) < 4.78 is 6.07. The van der Waals surface area contributed by atoms with Crippen molar-refractivity contribution in [3.8, 4) is 16.3 Å². The van der Waals surface area contributed by atoms with E-state index in [0.717, 1.165) is 32.5 Å². The number of rotatable bonds is 6. The molecule has 0 bridgehead atoms. The summed E-state index contributed by atoms with van der Waals surface area (Å²) in [4.78, 5) is 18.5. The number of benzene rings is 2. The molecule has 0 aliphatic rings. The van der Waals surface area contributed by atoms with E-state index < -0.39 is 6.10 Å². The average Bonchev–Trinajstić information content (AvgIpc) is 3.07. The lowest BCUT2D eigenvalue weighted by molar-refractivity contribution is -0.127. The zero-order chi connectivity index (χ0) is 22.8. The van der Waals surface area contributed by atoms with Crippen molar-refractivity contribution in [3.63, 3.8) is 0 Å². The SMILES string of the molecule is Cc1ccc(OC(C)C(=O)NCc2sc(-c3ccccc3C)nc2C)c(C(C)(C)C)c1. The summed E-state index contributed by atoms with van der Waals surface area (Å²) in [6.45, 7) is 14.8. The standard InChI is InChI=1S/C26H32N2O2S/c1-16-12-13-22(21(14-16)26(5,6)7)30-19(4)24(29)27-15-23-18(3)28-25(31-23)20-11-9-8-10-17(20)2/h8-14,19H,15H2,1-7H3,(H,27,29). The molecule has 1 atom stereocenters. The van der Waals surface area contributed by atoms with E-state index in [9.17, 15) is 4.79 Å². The second kappa shape index (κ2) is 9.23. The fourth-order valence-electron chi connectivity index (χ4n) is 3.41. The highest BCUT2D eigenvalue weighted by atomic mass is 32.1. The number of nitrogens with one attached hydrogen (secondary N) is 1. The van der Waals surface area contributed by atoms with Gasteiger partial charge in [0.15, 0.2) is 6.10 Å². The Labute approximate surface area is 189 Å². The van der Waals surface area contributed by atoms with E-state index in [0.29, 0.717) is 6.54 Å². The monoisotopic (exact) mass is 436 g/mol. The lowest BCUT2D eigenvalue weighted by Gasteiger charge is -2.25. The summed E-state index contributed by atoms with van der Waals surface area (Å²) in [5.41, 5.74) is 5.50. The Morgan fingerprint density at radius 1 is 1.13 bits per heavy atom. The Bertz CT molecular complexity index is 1080. The average molecular weight is 437 g/mol. The van der Waals surface area contributed by atoms with Crippen LogP contribution in [-0.2, 0) is 16.8 Å². The number of hydrogen-bond acceptors (Lipinski definition) is 4. The van der Waals surface area contributed by atoms with Crippen LogP contribution in [0, 0.1) is 20.8 Å². The number of hydrogen-bond donors (Lipinski definition) is 1. The van der Waals surface area contributed by atoms with Crippen molar-refractivity contribution < 1.29 is 9.53 Å². The molecule has 1 heterocycles. The summed E-state index contributed by atoms with van der Waals surface area (Å²) in [7, 11) is 0. The first kappa shape index (κ1) is 23.0. The van der Waals surface area contributed by atoms with Crippen LogP contribution in [0.2, 0.25) is 0 Å². The van der Waals surface area contributed by atoms with Crippen LogP contribution in [0.3, 0.4) is 0 Å². The van der Waals surface area contributed by atoms with E-state index in [2.05, 4.69) is 58.1 Å². The first-order valence-electron chi connectivity index (χ1n) is 10.6. The van der Waals surface area contributed by atoms with Gasteiger partial charge < -0.3 is 10.1 Å². The van der Waals surface area contributed by atoms with Crippen molar-refractivity contribution in [2.45, 2.75) is 66.5 Å². The van der Waals surface area contributed by atoms with Gasteiger partial charge in [-0.3, -0.25) is 4.79 Å². The Balaban J connectivity index is 1.68. The minimum absolute atomic E-state index is 0.0662. The second-order valence-electron chi connectivity index (χ2n) is 9.07. The molecule has 5 heteroatoms. The van der Waals surface area contributed by atoms with Crippen molar-refractivity contribution in [1.29, 1.82) is 0 Å². The molecule has 1 aromatic heterocycles. The Kier molecular flexibility index (Phi) is 6.85. The molecule has 0 aliphatic carbocycles. The largest absolute Gasteiger partial charge is 0.481 e. The second-order valence-corrected chi connectivity index (χ2v) is 10.2. The molecule has 31 heavy (non-hydrogen) atoms. The summed E-state index contributed by atoms with van der Waals surface area (Å²) in [6.07, 6.45) is -0.590. The highest BCUT2D eigenvalue weighted by Crippen LogP contribution is 2.33. The predicted molar refractivity (Wildman–Crippen MR) is 129 cm³/mol. The van der Waals surface area contributed by atoms with Crippen LogP contribution in [0.4, 0.5) is 0 Å². The van der Waals surface area contributed by atoms with Gasteiger partial charge in [-0.1, -0.05) is 62.7 Å². The molecule has 1 unspecified atom stereocenters. The molecule has 2 aromatic carbocycles. The third-order valence-electron chi connectivity index (χ3n) is 5.31. The molecule has 1 N–H and O–H groups in total. The minimum atomic E-state index is -0.590. The number of aromatic nitrogens is 1. The van der Waals surface area contributed by atoms with Gasteiger partial charge in [0.25, 0.3) is 5.91 Å². The molecule has 0 radical (unpaired) electrons. The maximum Gasteiger partial charge on any atom is 0.261 e. The lowest BCUT2D eigenvalue weighted by Crippen LogP contribution is -2.36. The number of aryl methyl sites for hydroxylation is 3. The Morgan fingerprint density at radius 3 is 2.52 bits per heavy atom. The minimum Gasteiger partial charge on any atom is -0.481 e. The Morgan fingerprint density at radius 2 is 1.84 bits per heavy atom. The molecule has 1 amide bonds. The molecule has 3 rings (SSSR count). The van der Waals surface area contributed by atoms with Crippen LogP contribution in [0.5, 0.6) is 5.75 Å². The van der Waals surface area contributed by atoms with Gasteiger partial charge in [-0.2, -0.15) is 0 Å². The quantitative estimate of drug-likeness (QED) is 0.507. The first-order valence-corrected chi connectivity index (χ1v) is 11.5. The van der Waals surface area contributed by atoms with Crippen LogP contribution in [-0.4, -0.2) is 17.0 Å². The van der Waals surface area contributed by atoms with E-state index in [-0.39, 0.29) is 11.3 Å². The Hall–Kier alpha value is -2.66. The van der Waals surface area contributed by atoms with Crippen LogP contribution < -0.4 is 10.1 Å². The molecular formula is C26H32N2O2S. The normalized spacial score (nSPS) is 12.5. The van der Waals surface area contributed by atoms with Crippen molar-refractivity contribution in [1.82, 2.24) is 10.3 Å². The maximum absolute atomic E-state index is 12.7. The van der Waals surface area contributed by atoms with Gasteiger partial charge in [-0.15, -0.1) is 11.3 Å². The molecule has 164 valence electrons. The van der Waals surface area contributed by atoms with Gasteiger partial charge in [-0.25, -0.2) is 4.98 Å². The highest BCUT2D eigenvalue weighted by Gasteiger charge is 2.23. The summed E-state index contributed by atoms with van der Waals surface area (Å²) in [6, 6.07) is 14.3. The molecule has 0 aliphatic heterocycles. The summed E-state index contributed by atoms with van der Waals surface area (Å²) >= 11 is 1.63. The number of carbonyl (C=O) groups is 1. The van der Waals surface area contributed by atoms with Crippen molar-refractivity contribution in [3.05, 3.63) is 69.7 Å². The summed E-state index contributed by atoms with van der Waals surface area (Å²) in [5.74, 6) is 0.627. The van der Waals surface area contributed by atoms with Gasteiger partial charge >= 0.3 is 0 Å². The zero-order valence-electron chi connectivity index (χ0n) is 19.5. The first-order chi connectivity index (χ1) is 14.6. The van der Waals surface area contributed by atoms with Crippen molar-refractivity contribution >= 4 is 17.2 Å². The van der Waals surface area contributed by atoms with Gasteiger partial charge in [0.2, 0.25) is 0 Å². The molecule has 0 spiro atoms. The molecular weight excluding hydrogens is 404 g/mol. The van der Waals surface area contributed by atoms with Gasteiger partial charge in [0.05, 0.1) is 12.2 Å². The van der Waals surface area contributed by atoms with E-state index >= 15 is 0 Å². The van der Waals surface area contributed by atoms with Crippen LogP contribution >= 0.6 is 11.3 Å². The smallest absolute Gasteiger partial charge is 0.261 e. The molecule has 0 fully saturated rings. The number of ether oxygens (including phenoxy) is 1. The fourth-order valence-corrected chi connectivity index (χ4v) is 4.50. The third-order valence-corrected chi connectivity index (χ3v) is 6.50. The van der Waals surface area contributed by atoms with Crippen LogP contribution in [0.1, 0.15) is 55.0 Å². The van der Waals surface area contributed by atoms with E-state index in [1.54, 1.807) is 18.3 Å². The van der Waals surface area contributed by atoms with E-state index in [4.69, 9.17) is 9.72 Å². The fraction of sp³-hybridized carbons (Fsp3) is 0.385. The number of carbonyl (C=O) groups excluding carboxylic acids is 1. The molecule has 3 aromatic rings. The highest BCUT2D eigenvalue weighted by molar-refractivity contribution is 7.15. The van der Waals surface area contributed by atoms with Crippen LogP contribution in [0.15, 0.2) is 42.5 Å².